The standard InChI is InChI=1S/C19H34O2/c1-2-3-13-17-16-18(17)14-11-9-7-5-4-6-8-10-12-15-19(20)21/h2-16H2,1H3,(H,20,21). The molecule has 2 heteroatoms. The monoisotopic (exact) mass is 294 g/mol. The van der Waals surface area contributed by atoms with Gasteiger partial charge in [-0.25, -0.2) is 0 Å². The van der Waals surface area contributed by atoms with Gasteiger partial charge in [-0.15, -0.1) is 0 Å². The third-order valence-electron chi connectivity index (χ3n) is 4.50. The van der Waals surface area contributed by atoms with Gasteiger partial charge in [0.1, 0.15) is 0 Å². The Morgan fingerprint density at radius 3 is 1.81 bits per heavy atom. The molecule has 0 unspecified atom stereocenters. The molecule has 0 spiro atoms. The largest absolute Gasteiger partial charge is 0.481 e. The highest BCUT2D eigenvalue weighted by Crippen LogP contribution is 2.38. The van der Waals surface area contributed by atoms with Gasteiger partial charge in [-0.3, -0.25) is 4.79 Å². The second-order valence-electron chi connectivity index (χ2n) is 6.56. The highest BCUT2D eigenvalue weighted by molar-refractivity contribution is 5.66. The predicted octanol–water partition coefficient (Wildman–Crippen LogP) is 6.25. The first-order chi connectivity index (χ1) is 10.2. The number of rotatable bonds is 15. The minimum atomic E-state index is -0.654. The summed E-state index contributed by atoms with van der Waals surface area (Å²) in [4.78, 5) is 10.4. The maximum Gasteiger partial charge on any atom is 0.303 e. The zero-order valence-corrected chi connectivity index (χ0v) is 14.0. The van der Waals surface area contributed by atoms with E-state index in [0.717, 1.165) is 12.8 Å². The number of hydrogen-bond acceptors (Lipinski definition) is 1. The average Bonchev–Trinajstić information content (AvgIpc) is 3.20. The van der Waals surface area contributed by atoms with E-state index < -0.39 is 5.97 Å². The molecule has 1 aliphatic rings. The van der Waals surface area contributed by atoms with Gasteiger partial charge in [-0.05, 0) is 38.5 Å². The van der Waals surface area contributed by atoms with Gasteiger partial charge in [0.05, 0.1) is 0 Å². The molecule has 0 atom stereocenters. The second kappa shape index (κ2) is 11.8. The first-order valence-electron chi connectivity index (χ1n) is 9.15. The van der Waals surface area contributed by atoms with Gasteiger partial charge in [0, 0.05) is 6.42 Å². The minimum absolute atomic E-state index is 0.343. The molecule has 0 amide bonds. The Morgan fingerprint density at radius 2 is 1.29 bits per heavy atom. The summed E-state index contributed by atoms with van der Waals surface area (Å²) >= 11 is 0. The van der Waals surface area contributed by atoms with Crippen LogP contribution in [-0.2, 0) is 4.79 Å². The van der Waals surface area contributed by atoms with E-state index in [0.29, 0.717) is 6.42 Å². The molecule has 0 radical (unpaired) electrons. The van der Waals surface area contributed by atoms with E-state index in [1.54, 1.807) is 11.1 Å². The van der Waals surface area contributed by atoms with Crippen molar-refractivity contribution in [3.05, 3.63) is 11.1 Å². The lowest BCUT2D eigenvalue weighted by Gasteiger charge is -2.01. The lowest BCUT2D eigenvalue weighted by Crippen LogP contribution is -1.93. The molecule has 122 valence electrons. The van der Waals surface area contributed by atoms with Crippen LogP contribution < -0.4 is 0 Å². The Kier molecular flexibility index (Phi) is 10.3. The normalized spacial score (nSPS) is 13.8. The molecule has 0 bridgehead atoms. The van der Waals surface area contributed by atoms with Gasteiger partial charge in [0.25, 0.3) is 0 Å². The lowest BCUT2D eigenvalue weighted by molar-refractivity contribution is -0.137. The molecule has 0 aromatic rings. The predicted molar refractivity (Wildman–Crippen MR) is 89.6 cm³/mol. The maximum atomic E-state index is 10.4. The van der Waals surface area contributed by atoms with Crippen molar-refractivity contribution in [3.8, 4) is 0 Å². The molecule has 1 rings (SSSR count). The number of carbonyl (C=O) groups is 1. The third kappa shape index (κ3) is 10.6. The molecule has 0 saturated carbocycles. The van der Waals surface area contributed by atoms with Crippen LogP contribution in [0.5, 0.6) is 0 Å². The van der Waals surface area contributed by atoms with Crippen molar-refractivity contribution in [1.82, 2.24) is 0 Å². The first kappa shape index (κ1) is 18.3. The number of carboxylic acids is 1. The van der Waals surface area contributed by atoms with Crippen molar-refractivity contribution in [1.29, 1.82) is 0 Å². The Morgan fingerprint density at radius 1 is 0.810 bits per heavy atom. The van der Waals surface area contributed by atoms with Crippen LogP contribution in [0, 0.1) is 0 Å². The molecular formula is C19H34O2. The van der Waals surface area contributed by atoms with Crippen molar-refractivity contribution in [2.24, 2.45) is 0 Å². The van der Waals surface area contributed by atoms with Crippen molar-refractivity contribution in [2.75, 3.05) is 0 Å². The molecule has 0 fully saturated rings. The van der Waals surface area contributed by atoms with Crippen molar-refractivity contribution in [3.63, 3.8) is 0 Å². The molecular weight excluding hydrogens is 260 g/mol. The number of allylic oxidation sites excluding steroid dienone is 2. The fourth-order valence-electron chi connectivity index (χ4n) is 2.99. The maximum absolute atomic E-state index is 10.4. The summed E-state index contributed by atoms with van der Waals surface area (Å²) in [5, 5.41) is 8.54. The molecule has 1 N–H and O–H groups in total. The van der Waals surface area contributed by atoms with E-state index in [2.05, 4.69) is 6.92 Å². The highest BCUT2D eigenvalue weighted by atomic mass is 16.4. The molecule has 1 aliphatic carbocycles. The summed E-state index contributed by atoms with van der Waals surface area (Å²) < 4.78 is 0. The van der Waals surface area contributed by atoms with Crippen LogP contribution in [0.3, 0.4) is 0 Å². The summed E-state index contributed by atoms with van der Waals surface area (Å²) in [5.41, 5.74) is 3.56. The Labute approximate surface area is 131 Å². The molecule has 0 heterocycles. The Hall–Kier alpha value is -0.790. The lowest BCUT2D eigenvalue weighted by atomic mass is 10.1. The van der Waals surface area contributed by atoms with Crippen LogP contribution in [0.15, 0.2) is 11.1 Å². The van der Waals surface area contributed by atoms with Crippen molar-refractivity contribution in [2.45, 2.75) is 103 Å². The molecule has 21 heavy (non-hydrogen) atoms. The Bertz CT molecular complexity index is 318. The van der Waals surface area contributed by atoms with Crippen molar-refractivity contribution < 1.29 is 9.90 Å². The molecule has 0 aromatic carbocycles. The zero-order chi connectivity index (χ0) is 15.3. The molecule has 2 nitrogen and oxygen atoms in total. The van der Waals surface area contributed by atoms with Crippen LogP contribution in [0.25, 0.3) is 0 Å². The van der Waals surface area contributed by atoms with E-state index >= 15 is 0 Å². The molecule has 0 aliphatic heterocycles. The van der Waals surface area contributed by atoms with Gasteiger partial charge in [0.15, 0.2) is 0 Å². The van der Waals surface area contributed by atoms with Gasteiger partial charge in [-0.1, -0.05) is 69.4 Å². The zero-order valence-electron chi connectivity index (χ0n) is 14.0. The van der Waals surface area contributed by atoms with E-state index in [1.165, 1.54) is 77.0 Å². The summed E-state index contributed by atoms with van der Waals surface area (Å²) in [6, 6.07) is 0. The third-order valence-corrected chi connectivity index (χ3v) is 4.50. The SMILES string of the molecule is CCCCC1=C(CCCCCCCCCCCC(=O)O)C1. The van der Waals surface area contributed by atoms with Crippen molar-refractivity contribution >= 4 is 5.97 Å². The quantitative estimate of drug-likeness (QED) is 0.286. The van der Waals surface area contributed by atoms with Crippen LogP contribution in [0.4, 0.5) is 0 Å². The molecule has 0 aromatic heterocycles. The topological polar surface area (TPSA) is 37.3 Å². The van der Waals surface area contributed by atoms with Gasteiger partial charge in [0.2, 0.25) is 0 Å². The van der Waals surface area contributed by atoms with E-state index in [4.69, 9.17) is 5.11 Å². The van der Waals surface area contributed by atoms with Gasteiger partial charge < -0.3 is 5.11 Å². The average molecular weight is 294 g/mol. The van der Waals surface area contributed by atoms with E-state index in [1.807, 2.05) is 0 Å². The number of carboxylic acid groups (broad SMARTS) is 1. The minimum Gasteiger partial charge on any atom is -0.481 e. The number of aliphatic carboxylic acids is 1. The fraction of sp³-hybridized carbons (Fsp3) is 0.842. The van der Waals surface area contributed by atoms with Crippen LogP contribution in [0.1, 0.15) is 103 Å². The summed E-state index contributed by atoms with van der Waals surface area (Å²) in [5.74, 6) is -0.654. The van der Waals surface area contributed by atoms with E-state index in [-0.39, 0.29) is 0 Å². The van der Waals surface area contributed by atoms with Crippen LogP contribution in [0.2, 0.25) is 0 Å². The van der Waals surface area contributed by atoms with Gasteiger partial charge >= 0.3 is 5.97 Å². The smallest absolute Gasteiger partial charge is 0.303 e. The summed E-state index contributed by atoms with van der Waals surface area (Å²) in [6.07, 6.45) is 18.4. The Balaban J connectivity index is 1.75. The summed E-state index contributed by atoms with van der Waals surface area (Å²) in [6.45, 7) is 2.27. The molecule has 0 saturated heterocycles. The van der Waals surface area contributed by atoms with Crippen LogP contribution in [-0.4, -0.2) is 11.1 Å². The van der Waals surface area contributed by atoms with E-state index in [9.17, 15) is 4.79 Å². The highest BCUT2D eigenvalue weighted by Gasteiger charge is 2.18. The number of unbranched alkanes of at least 4 members (excludes halogenated alkanes) is 9. The second-order valence-corrected chi connectivity index (χ2v) is 6.56. The fourth-order valence-corrected chi connectivity index (χ4v) is 2.99. The summed E-state index contributed by atoms with van der Waals surface area (Å²) in [7, 11) is 0. The van der Waals surface area contributed by atoms with Crippen LogP contribution >= 0.6 is 0 Å². The first-order valence-corrected chi connectivity index (χ1v) is 9.15. The number of hydrogen-bond donors (Lipinski definition) is 1. The van der Waals surface area contributed by atoms with Gasteiger partial charge in [-0.2, -0.15) is 0 Å².